The number of nitro benzene ring substituents is 1. The first-order valence-electron chi connectivity index (χ1n) is 9.62. The number of non-ortho nitro benzene ring substituents is 1. The Morgan fingerprint density at radius 3 is 2.57 bits per heavy atom. The van der Waals surface area contributed by atoms with Crippen molar-refractivity contribution in [1.82, 2.24) is 15.1 Å². The number of amides is 3. The first-order valence-corrected chi connectivity index (χ1v) is 10.5. The molecule has 30 heavy (non-hydrogen) atoms. The average Bonchev–Trinajstić information content (AvgIpc) is 3.21. The van der Waals surface area contributed by atoms with Crippen LogP contribution in [0, 0.1) is 10.1 Å². The third-order valence-corrected chi connectivity index (χ3v) is 6.04. The molecule has 0 bridgehead atoms. The molecule has 0 aromatic heterocycles. The van der Waals surface area contributed by atoms with E-state index in [4.69, 9.17) is 4.74 Å². The van der Waals surface area contributed by atoms with Crippen LogP contribution in [0.15, 0.2) is 24.3 Å². The molecule has 162 valence electrons. The number of carbonyl (C=O) groups excluding carboxylic acids is 3. The zero-order chi connectivity index (χ0) is 21.8. The molecule has 0 aliphatic carbocycles. The maximum atomic E-state index is 12.7. The Morgan fingerprint density at radius 2 is 2.00 bits per heavy atom. The molecular formula is C19H24N4O6S. The van der Waals surface area contributed by atoms with Gasteiger partial charge in [0.25, 0.3) is 5.69 Å². The lowest BCUT2D eigenvalue weighted by atomic mass is 10.2. The second-order valence-corrected chi connectivity index (χ2v) is 8.98. The van der Waals surface area contributed by atoms with Gasteiger partial charge in [0.1, 0.15) is 6.61 Å². The second-order valence-electron chi connectivity index (χ2n) is 7.51. The molecule has 1 aromatic carbocycles. The van der Waals surface area contributed by atoms with Gasteiger partial charge in [-0.25, -0.2) is 9.59 Å². The zero-order valence-corrected chi connectivity index (χ0v) is 17.6. The summed E-state index contributed by atoms with van der Waals surface area (Å²) in [5.74, 6) is 0. The number of hydrogen-bond donors (Lipinski definition) is 1. The number of carbonyl (C=O) groups is 3. The summed E-state index contributed by atoms with van der Waals surface area (Å²) in [4.78, 5) is 49.8. The lowest BCUT2D eigenvalue weighted by Crippen LogP contribution is -2.44. The molecule has 2 aliphatic rings. The van der Waals surface area contributed by atoms with Gasteiger partial charge in [0.15, 0.2) is 5.12 Å². The summed E-state index contributed by atoms with van der Waals surface area (Å²) in [5.41, 5.74) is 0.596. The number of nitro groups is 1. The van der Waals surface area contributed by atoms with E-state index in [0.29, 0.717) is 31.6 Å². The third kappa shape index (κ3) is 5.41. The lowest BCUT2D eigenvalue weighted by Gasteiger charge is -2.27. The second kappa shape index (κ2) is 9.33. The van der Waals surface area contributed by atoms with E-state index in [9.17, 15) is 24.5 Å². The number of hydrogen-bond acceptors (Lipinski definition) is 7. The van der Waals surface area contributed by atoms with E-state index in [1.807, 2.05) is 6.92 Å². The molecule has 11 heteroatoms. The molecule has 2 heterocycles. The fraction of sp³-hybridized carbons (Fsp3) is 0.526. The van der Waals surface area contributed by atoms with Crippen LogP contribution < -0.4 is 5.32 Å². The van der Waals surface area contributed by atoms with Gasteiger partial charge in [0.05, 0.1) is 11.0 Å². The van der Waals surface area contributed by atoms with Crippen molar-refractivity contribution in [2.75, 3.05) is 19.6 Å². The van der Waals surface area contributed by atoms with Gasteiger partial charge >= 0.3 is 12.1 Å². The number of benzene rings is 1. The largest absolute Gasteiger partial charge is 0.445 e. The van der Waals surface area contributed by atoms with Gasteiger partial charge in [-0.15, -0.1) is 0 Å². The van der Waals surface area contributed by atoms with E-state index in [2.05, 4.69) is 5.32 Å². The highest BCUT2D eigenvalue weighted by molar-refractivity contribution is 8.14. The molecule has 3 rings (SSSR count). The van der Waals surface area contributed by atoms with Gasteiger partial charge in [-0.2, -0.15) is 0 Å². The molecule has 3 atom stereocenters. The summed E-state index contributed by atoms with van der Waals surface area (Å²) < 4.78 is 5.41. The number of ether oxygens (including phenoxy) is 1. The SMILES string of the molecule is CC(=O)S[C@@H]1C[C@@H](CN2C[C@@H](C)NC2=O)N(C(=O)OCc2ccc([N+](=O)[O-])cc2)C1. The van der Waals surface area contributed by atoms with Crippen LogP contribution >= 0.6 is 11.8 Å². The van der Waals surface area contributed by atoms with Crippen molar-refractivity contribution in [3.63, 3.8) is 0 Å². The number of rotatable bonds is 6. The minimum absolute atomic E-state index is 0.0209. The van der Waals surface area contributed by atoms with Crippen molar-refractivity contribution in [3.8, 4) is 0 Å². The zero-order valence-electron chi connectivity index (χ0n) is 16.8. The molecule has 1 aromatic rings. The average molecular weight is 436 g/mol. The lowest BCUT2D eigenvalue weighted by molar-refractivity contribution is -0.384. The Labute approximate surface area is 178 Å². The van der Waals surface area contributed by atoms with E-state index < -0.39 is 11.0 Å². The van der Waals surface area contributed by atoms with E-state index >= 15 is 0 Å². The summed E-state index contributed by atoms with van der Waals surface area (Å²) in [6.07, 6.45) is 0.0624. The Kier molecular flexibility index (Phi) is 6.80. The minimum atomic E-state index is -0.530. The van der Waals surface area contributed by atoms with Crippen LogP contribution in [0.1, 0.15) is 25.8 Å². The van der Waals surface area contributed by atoms with Crippen molar-refractivity contribution < 1.29 is 24.0 Å². The predicted molar refractivity (Wildman–Crippen MR) is 110 cm³/mol. The standard InChI is InChI=1S/C19H24N4O6S/c1-12-8-21(18(25)20-12)9-16-7-17(30-13(2)24)10-22(16)19(26)29-11-14-3-5-15(6-4-14)23(27)28/h3-6,12,16-17H,7-11H2,1-2H3,(H,20,25)/t12-,16+,17-/m1/s1. The molecule has 2 fully saturated rings. The molecule has 0 unspecified atom stereocenters. The van der Waals surface area contributed by atoms with Gasteiger partial charge in [0, 0.05) is 50.0 Å². The van der Waals surface area contributed by atoms with Crippen molar-refractivity contribution >= 4 is 34.7 Å². The molecular weight excluding hydrogens is 412 g/mol. The van der Waals surface area contributed by atoms with Gasteiger partial charge in [0.2, 0.25) is 0 Å². The fourth-order valence-corrected chi connectivity index (χ4v) is 4.73. The quantitative estimate of drug-likeness (QED) is 0.536. The topological polar surface area (TPSA) is 122 Å². The van der Waals surface area contributed by atoms with Crippen LogP contribution in [0.5, 0.6) is 0 Å². The maximum absolute atomic E-state index is 12.7. The third-order valence-electron chi connectivity index (χ3n) is 5.04. The smallest absolute Gasteiger partial charge is 0.410 e. The Balaban J connectivity index is 1.63. The molecule has 3 amide bonds. The summed E-state index contributed by atoms with van der Waals surface area (Å²) >= 11 is 1.19. The molecule has 1 N–H and O–H groups in total. The van der Waals surface area contributed by atoms with E-state index in [-0.39, 0.29) is 40.8 Å². The van der Waals surface area contributed by atoms with E-state index in [1.165, 1.54) is 43.0 Å². The van der Waals surface area contributed by atoms with Crippen molar-refractivity contribution in [1.29, 1.82) is 0 Å². The Bertz CT molecular complexity index is 833. The first-order chi connectivity index (χ1) is 14.2. The molecule has 2 aliphatic heterocycles. The number of nitrogens with one attached hydrogen (secondary N) is 1. The summed E-state index contributed by atoms with van der Waals surface area (Å²) in [6, 6.07) is 5.42. The normalized spacial score (nSPS) is 23.4. The highest BCUT2D eigenvalue weighted by Gasteiger charge is 2.40. The van der Waals surface area contributed by atoms with Gasteiger partial charge in [-0.05, 0) is 31.0 Å². The van der Waals surface area contributed by atoms with Crippen LogP contribution in [0.25, 0.3) is 0 Å². The van der Waals surface area contributed by atoms with Gasteiger partial charge < -0.3 is 19.9 Å². The number of urea groups is 1. The molecule has 0 radical (unpaired) electrons. The number of nitrogens with zero attached hydrogens (tertiary/aromatic N) is 3. The van der Waals surface area contributed by atoms with E-state index in [1.54, 1.807) is 9.80 Å². The first kappa shape index (κ1) is 21.9. The van der Waals surface area contributed by atoms with Crippen molar-refractivity contribution in [2.45, 2.75) is 44.2 Å². The highest BCUT2D eigenvalue weighted by atomic mass is 32.2. The van der Waals surface area contributed by atoms with Crippen molar-refractivity contribution in [3.05, 3.63) is 39.9 Å². The molecule has 10 nitrogen and oxygen atoms in total. The minimum Gasteiger partial charge on any atom is -0.445 e. The van der Waals surface area contributed by atoms with Crippen LogP contribution in [-0.4, -0.2) is 68.9 Å². The molecule has 0 saturated carbocycles. The van der Waals surface area contributed by atoms with Crippen LogP contribution in [0.2, 0.25) is 0 Å². The highest BCUT2D eigenvalue weighted by Crippen LogP contribution is 2.30. The summed E-state index contributed by atoms with van der Waals surface area (Å²) in [5, 5.41) is 13.5. The van der Waals surface area contributed by atoms with E-state index in [0.717, 1.165) is 0 Å². The maximum Gasteiger partial charge on any atom is 0.410 e. The molecule has 0 spiro atoms. The Morgan fingerprint density at radius 1 is 1.30 bits per heavy atom. The van der Waals surface area contributed by atoms with Crippen LogP contribution in [0.4, 0.5) is 15.3 Å². The molecule has 2 saturated heterocycles. The van der Waals surface area contributed by atoms with Gasteiger partial charge in [-0.1, -0.05) is 11.8 Å². The van der Waals surface area contributed by atoms with Gasteiger partial charge in [-0.3, -0.25) is 14.9 Å². The fourth-order valence-electron chi connectivity index (χ4n) is 3.71. The van der Waals surface area contributed by atoms with Crippen molar-refractivity contribution in [2.24, 2.45) is 0 Å². The predicted octanol–water partition coefficient (Wildman–Crippen LogP) is 2.37. The summed E-state index contributed by atoms with van der Waals surface area (Å²) in [6.45, 7) is 4.68. The monoisotopic (exact) mass is 436 g/mol. The Hall–Kier alpha value is -2.82. The van der Waals surface area contributed by atoms with Crippen LogP contribution in [-0.2, 0) is 16.1 Å². The number of likely N-dealkylation sites (tertiary alicyclic amines) is 1. The van der Waals surface area contributed by atoms with Crippen LogP contribution in [0.3, 0.4) is 0 Å². The number of thioether (sulfide) groups is 1. The summed E-state index contributed by atoms with van der Waals surface area (Å²) in [7, 11) is 0.